The van der Waals surface area contributed by atoms with Crippen molar-refractivity contribution in [3.63, 3.8) is 0 Å². The van der Waals surface area contributed by atoms with E-state index < -0.39 is 0 Å². The summed E-state index contributed by atoms with van der Waals surface area (Å²) in [5.74, 6) is 0. The van der Waals surface area contributed by atoms with Crippen molar-refractivity contribution in [2.75, 3.05) is 13.1 Å². The molecular formula is C14H22N2. The number of fused-ring (bicyclic) bond motifs is 1. The lowest BCUT2D eigenvalue weighted by Crippen LogP contribution is -2.38. The molecule has 0 saturated carbocycles. The van der Waals surface area contributed by atoms with Crippen LogP contribution in [0.5, 0.6) is 0 Å². The molecule has 0 saturated heterocycles. The van der Waals surface area contributed by atoms with Gasteiger partial charge in [0.2, 0.25) is 0 Å². The Morgan fingerprint density at radius 2 is 1.81 bits per heavy atom. The molecule has 1 aromatic carbocycles. The van der Waals surface area contributed by atoms with Crippen molar-refractivity contribution >= 4 is 0 Å². The number of hydrogen-bond donors (Lipinski definition) is 1. The number of nitrogens with zero attached hydrogens (tertiary/aromatic N) is 1. The summed E-state index contributed by atoms with van der Waals surface area (Å²) in [6, 6.07) is 9.43. The third-order valence-electron chi connectivity index (χ3n) is 3.37. The largest absolute Gasteiger partial charge is 0.313 e. The Hall–Kier alpha value is -0.860. The van der Waals surface area contributed by atoms with E-state index in [0.29, 0.717) is 6.04 Å². The highest BCUT2D eigenvalue weighted by Crippen LogP contribution is 2.22. The summed E-state index contributed by atoms with van der Waals surface area (Å²) in [4.78, 5) is 2.54. The van der Waals surface area contributed by atoms with Crippen molar-refractivity contribution in [3.05, 3.63) is 35.4 Å². The summed E-state index contributed by atoms with van der Waals surface area (Å²) < 4.78 is 0. The molecule has 1 aliphatic rings. The van der Waals surface area contributed by atoms with Gasteiger partial charge in [-0.15, -0.1) is 0 Å². The first-order chi connectivity index (χ1) is 7.83. The molecule has 0 aromatic heterocycles. The van der Waals surface area contributed by atoms with Crippen LogP contribution in [0.25, 0.3) is 0 Å². The summed E-state index contributed by atoms with van der Waals surface area (Å²) in [6.45, 7) is 8.92. The molecule has 1 N–H and O–H groups in total. The van der Waals surface area contributed by atoms with E-state index in [1.54, 1.807) is 0 Å². The van der Waals surface area contributed by atoms with Crippen LogP contribution in [-0.4, -0.2) is 24.0 Å². The Morgan fingerprint density at radius 3 is 2.31 bits per heavy atom. The number of nitrogens with one attached hydrogen (secondary N) is 1. The van der Waals surface area contributed by atoms with Crippen LogP contribution in [0.2, 0.25) is 0 Å². The van der Waals surface area contributed by atoms with Gasteiger partial charge in [0, 0.05) is 25.7 Å². The van der Waals surface area contributed by atoms with Crippen molar-refractivity contribution in [1.82, 2.24) is 10.2 Å². The average molecular weight is 218 g/mol. The van der Waals surface area contributed by atoms with Crippen LogP contribution < -0.4 is 5.32 Å². The fourth-order valence-corrected chi connectivity index (χ4v) is 2.47. The molecule has 2 heteroatoms. The van der Waals surface area contributed by atoms with Crippen LogP contribution in [0.3, 0.4) is 0 Å². The zero-order valence-corrected chi connectivity index (χ0v) is 10.4. The molecular weight excluding hydrogens is 196 g/mol. The SMILES string of the molecule is CCNC(CC)CN1Cc2ccccc2C1. The van der Waals surface area contributed by atoms with Crippen LogP contribution in [-0.2, 0) is 13.1 Å². The molecule has 0 amide bonds. The van der Waals surface area contributed by atoms with Gasteiger partial charge in [-0.1, -0.05) is 38.1 Å². The fraction of sp³-hybridized carbons (Fsp3) is 0.571. The van der Waals surface area contributed by atoms with E-state index in [-0.39, 0.29) is 0 Å². The topological polar surface area (TPSA) is 15.3 Å². The van der Waals surface area contributed by atoms with Gasteiger partial charge in [0.25, 0.3) is 0 Å². The quantitative estimate of drug-likeness (QED) is 0.816. The summed E-state index contributed by atoms with van der Waals surface area (Å²) >= 11 is 0. The molecule has 1 heterocycles. The third kappa shape index (κ3) is 2.63. The molecule has 0 bridgehead atoms. The van der Waals surface area contributed by atoms with Crippen LogP contribution in [0.1, 0.15) is 31.4 Å². The van der Waals surface area contributed by atoms with Gasteiger partial charge in [0.1, 0.15) is 0 Å². The molecule has 0 spiro atoms. The smallest absolute Gasteiger partial charge is 0.0241 e. The van der Waals surface area contributed by atoms with Gasteiger partial charge in [0.05, 0.1) is 0 Å². The predicted octanol–water partition coefficient (Wildman–Crippen LogP) is 2.39. The summed E-state index contributed by atoms with van der Waals surface area (Å²) in [5, 5.41) is 3.54. The first kappa shape index (κ1) is 11.6. The summed E-state index contributed by atoms with van der Waals surface area (Å²) in [7, 11) is 0. The van der Waals surface area contributed by atoms with Gasteiger partial charge in [-0.25, -0.2) is 0 Å². The lowest BCUT2D eigenvalue weighted by atomic mass is 10.1. The highest BCUT2D eigenvalue weighted by Gasteiger charge is 2.20. The second-order valence-electron chi connectivity index (χ2n) is 4.60. The molecule has 2 nitrogen and oxygen atoms in total. The Bertz CT molecular complexity index is 310. The number of rotatable bonds is 5. The first-order valence-corrected chi connectivity index (χ1v) is 6.36. The average Bonchev–Trinajstić information content (AvgIpc) is 2.70. The highest BCUT2D eigenvalue weighted by molar-refractivity contribution is 5.30. The number of hydrogen-bond acceptors (Lipinski definition) is 2. The molecule has 0 aliphatic carbocycles. The minimum absolute atomic E-state index is 0.638. The molecule has 1 aromatic rings. The van der Waals surface area contributed by atoms with Gasteiger partial charge in [0.15, 0.2) is 0 Å². The van der Waals surface area contributed by atoms with Crippen LogP contribution in [0.15, 0.2) is 24.3 Å². The van der Waals surface area contributed by atoms with Crippen molar-refractivity contribution in [2.24, 2.45) is 0 Å². The van der Waals surface area contributed by atoms with E-state index in [9.17, 15) is 0 Å². The summed E-state index contributed by atoms with van der Waals surface area (Å²) in [6.07, 6.45) is 1.21. The molecule has 0 radical (unpaired) electrons. The van der Waals surface area contributed by atoms with Crippen LogP contribution in [0.4, 0.5) is 0 Å². The third-order valence-corrected chi connectivity index (χ3v) is 3.37. The Kier molecular flexibility index (Phi) is 3.97. The molecule has 16 heavy (non-hydrogen) atoms. The van der Waals surface area contributed by atoms with Gasteiger partial charge >= 0.3 is 0 Å². The molecule has 0 fully saturated rings. The van der Waals surface area contributed by atoms with Crippen molar-refractivity contribution in [2.45, 2.75) is 39.4 Å². The lowest BCUT2D eigenvalue weighted by molar-refractivity contribution is 0.245. The monoisotopic (exact) mass is 218 g/mol. The minimum Gasteiger partial charge on any atom is -0.313 e. The maximum absolute atomic E-state index is 3.54. The minimum atomic E-state index is 0.638. The molecule has 88 valence electrons. The Balaban J connectivity index is 1.91. The van der Waals surface area contributed by atoms with Gasteiger partial charge in [-0.2, -0.15) is 0 Å². The molecule has 1 aliphatic heterocycles. The number of benzene rings is 1. The van der Waals surface area contributed by atoms with Crippen molar-refractivity contribution in [3.8, 4) is 0 Å². The van der Waals surface area contributed by atoms with Crippen molar-refractivity contribution in [1.29, 1.82) is 0 Å². The van der Waals surface area contributed by atoms with E-state index >= 15 is 0 Å². The van der Waals surface area contributed by atoms with E-state index in [1.165, 1.54) is 24.1 Å². The predicted molar refractivity (Wildman–Crippen MR) is 68.3 cm³/mol. The Labute approximate surface area is 98.7 Å². The second-order valence-corrected chi connectivity index (χ2v) is 4.60. The standard InChI is InChI=1S/C14H22N2/c1-3-14(15-4-2)11-16-9-12-7-5-6-8-13(12)10-16/h5-8,14-15H,3-4,9-11H2,1-2H3. The van der Waals surface area contributed by atoms with E-state index in [2.05, 4.69) is 48.3 Å². The van der Waals surface area contributed by atoms with Crippen LogP contribution in [0, 0.1) is 0 Å². The molecule has 1 atom stereocenters. The zero-order valence-electron chi connectivity index (χ0n) is 10.4. The fourth-order valence-electron chi connectivity index (χ4n) is 2.47. The zero-order chi connectivity index (χ0) is 11.4. The van der Waals surface area contributed by atoms with Gasteiger partial charge in [-0.3, -0.25) is 4.90 Å². The molecule has 2 rings (SSSR count). The maximum atomic E-state index is 3.54. The number of likely N-dealkylation sites (N-methyl/N-ethyl adjacent to an activating group) is 1. The Morgan fingerprint density at radius 1 is 1.19 bits per heavy atom. The van der Waals surface area contributed by atoms with Gasteiger partial charge < -0.3 is 5.32 Å². The first-order valence-electron chi connectivity index (χ1n) is 6.36. The maximum Gasteiger partial charge on any atom is 0.0241 e. The van der Waals surface area contributed by atoms with Gasteiger partial charge in [-0.05, 0) is 24.1 Å². The molecule has 1 unspecified atom stereocenters. The summed E-state index contributed by atoms with van der Waals surface area (Å²) in [5.41, 5.74) is 3.02. The van der Waals surface area contributed by atoms with E-state index in [4.69, 9.17) is 0 Å². The lowest BCUT2D eigenvalue weighted by Gasteiger charge is -2.22. The van der Waals surface area contributed by atoms with Crippen molar-refractivity contribution < 1.29 is 0 Å². The highest BCUT2D eigenvalue weighted by atomic mass is 15.2. The normalized spacial score (nSPS) is 17.4. The van der Waals surface area contributed by atoms with E-state index in [0.717, 1.165) is 19.6 Å². The second kappa shape index (κ2) is 5.46. The van der Waals surface area contributed by atoms with Crippen LogP contribution >= 0.6 is 0 Å². The van der Waals surface area contributed by atoms with E-state index in [1.807, 2.05) is 0 Å².